The van der Waals surface area contributed by atoms with E-state index in [1.807, 2.05) is 38.2 Å². The SMILES string of the molecule is Cc1cc(C(=O)N(C)CCCc2ccccc2)ccc1Br. The van der Waals surface area contributed by atoms with E-state index in [-0.39, 0.29) is 5.91 Å². The Morgan fingerprint density at radius 3 is 2.52 bits per heavy atom. The van der Waals surface area contributed by atoms with Crippen LogP contribution >= 0.6 is 15.9 Å². The third-order valence-corrected chi connectivity index (χ3v) is 4.44. The predicted octanol–water partition coefficient (Wildman–Crippen LogP) is 4.46. The van der Waals surface area contributed by atoms with Gasteiger partial charge in [0.2, 0.25) is 0 Å². The van der Waals surface area contributed by atoms with E-state index >= 15 is 0 Å². The Bertz CT molecular complexity index is 610. The van der Waals surface area contributed by atoms with Crippen LogP contribution in [0.15, 0.2) is 53.0 Å². The van der Waals surface area contributed by atoms with Crippen LogP contribution < -0.4 is 0 Å². The van der Waals surface area contributed by atoms with Gasteiger partial charge in [0.25, 0.3) is 5.91 Å². The van der Waals surface area contributed by atoms with E-state index in [0.717, 1.165) is 35.0 Å². The van der Waals surface area contributed by atoms with Crippen molar-refractivity contribution in [1.29, 1.82) is 0 Å². The fourth-order valence-corrected chi connectivity index (χ4v) is 2.51. The highest BCUT2D eigenvalue weighted by molar-refractivity contribution is 9.10. The molecule has 110 valence electrons. The van der Waals surface area contributed by atoms with Gasteiger partial charge in [0, 0.05) is 23.6 Å². The number of hydrogen-bond acceptors (Lipinski definition) is 1. The number of nitrogens with zero attached hydrogens (tertiary/aromatic N) is 1. The van der Waals surface area contributed by atoms with Crippen molar-refractivity contribution in [3.05, 3.63) is 69.7 Å². The monoisotopic (exact) mass is 345 g/mol. The van der Waals surface area contributed by atoms with Crippen LogP contribution in [-0.4, -0.2) is 24.4 Å². The molecular formula is C18H20BrNO. The Morgan fingerprint density at radius 1 is 1.14 bits per heavy atom. The normalized spacial score (nSPS) is 10.4. The van der Waals surface area contributed by atoms with Gasteiger partial charge < -0.3 is 4.90 Å². The lowest BCUT2D eigenvalue weighted by molar-refractivity contribution is 0.0793. The van der Waals surface area contributed by atoms with Crippen molar-refractivity contribution in [3.63, 3.8) is 0 Å². The zero-order valence-corrected chi connectivity index (χ0v) is 14.1. The molecule has 2 rings (SSSR count). The summed E-state index contributed by atoms with van der Waals surface area (Å²) in [6, 6.07) is 16.1. The average molecular weight is 346 g/mol. The second-order valence-electron chi connectivity index (χ2n) is 5.28. The predicted molar refractivity (Wildman–Crippen MR) is 90.6 cm³/mol. The lowest BCUT2D eigenvalue weighted by atomic mass is 10.1. The average Bonchev–Trinajstić information content (AvgIpc) is 2.50. The number of carbonyl (C=O) groups is 1. The van der Waals surface area contributed by atoms with E-state index in [9.17, 15) is 4.79 Å². The highest BCUT2D eigenvalue weighted by Gasteiger charge is 2.12. The smallest absolute Gasteiger partial charge is 0.253 e. The number of halogens is 1. The molecule has 0 heterocycles. The van der Waals surface area contributed by atoms with Crippen molar-refractivity contribution >= 4 is 21.8 Å². The number of amides is 1. The molecule has 0 aliphatic carbocycles. The van der Waals surface area contributed by atoms with Gasteiger partial charge in [-0.15, -0.1) is 0 Å². The molecule has 2 aromatic carbocycles. The van der Waals surface area contributed by atoms with Gasteiger partial charge >= 0.3 is 0 Å². The summed E-state index contributed by atoms with van der Waals surface area (Å²) in [5, 5.41) is 0. The third-order valence-electron chi connectivity index (χ3n) is 3.55. The molecule has 2 nitrogen and oxygen atoms in total. The first-order valence-corrected chi connectivity index (χ1v) is 7.93. The Hall–Kier alpha value is -1.61. The standard InChI is InChI=1S/C18H20BrNO/c1-14-13-16(10-11-17(14)19)18(21)20(2)12-6-9-15-7-4-3-5-8-15/h3-5,7-8,10-11,13H,6,9,12H2,1-2H3. The van der Waals surface area contributed by atoms with E-state index in [1.54, 1.807) is 4.90 Å². The molecular weight excluding hydrogens is 326 g/mol. The summed E-state index contributed by atoms with van der Waals surface area (Å²) in [6.07, 6.45) is 1.97. The van der Waals surface area contributed by atoms with Crippen molar-refractivity contribution in [3.8, 4) is 0 Å². The minimum absolute atomic E-state index is 0.0821. The number of rotatable bonds is 5. The van der Waals surface area contributed by atoms with E-state index < -0.39 is 0 Å². The van der Waals surface area contributed by atoms with E-state index in [4.69, 9.17) is 0 Å². The molecule has 0 aromatic heterocycles. The minimum atomic E-state index is 0.0821. The molecule has 0 radical (unpaired) electrons. The first-order chi connectivity index (χ1) is 10.1. The second kappa shape index (κ2) is 7.41. The summed E-state index contributed by atoms with van der Waals surface area (Å²) in [6.45, 7) is 2.76. The molecule has 0 atom stereocenters. The number of benzene rings is 2. The van der Waals surface area contributed by atoms with E-state index in [2.05, 4.69) is 40.2 Å². The minimum Gasteiger partial charge on any atom is -0.342 e. The van der Waals surface area contributed by atoms with Gasteiger partial charge in [0.15, 0.2) is 0 Å². The molecule has 0 spiro atoms. The summed E-state index contributed by atoms with van der Waals surface area (Å²) < 4.78 is 1.03. The lowest BCUT2D eigenvalue weighted by Crippen LogP contribution is -2.28. The van der Waals surface area contributed by atoms with Gasteiger partial charge in [0.1, 0.15) is 0 Å². The molecule has 2 aromatic rings. The van der Waals surface area contributed by atoms with Crippen molar-refractivity contribution in [2.75, 3.05) is 13.6 Å². The Balaban J connectivity index is 1.89. The van der Waals surface area contributed by atoms with Crippen molar-refractivity contribution in [1.82, 2.24) is 4.90 Å². The van der Waals surface area contributed by atoms with E-state index in [1.165, 1.54) is 5.56 Å². The van der Waals surface area contributed by atoms with Crippen LogP contribution in [0.2, 0.25) is 0 Å². The molecule has 1 amide bonds. The molecule has 0 unspecified atom stereocenters. The molecule has 0 aliphatic heterocycles. The van der Waals surface area contributed by atoms with Crippen LogP contribution in [0.1, 0.15) is 27.9 Å². The zero-order valence-electron chi connectivity index (χ0n) is 12.5. The zero-order chi connectivity index (χ0) is 15.2. The maximum Gasteiger partial charge on any atom is 0.253 e. The summed E-state index contributed by atoms with van der Waals surface area (Å²) in [5.41, 5.74) is 3.15. The van der Waals surface area contributed by atoms with Crippen molar-refractivity contribution in [2.45, 2.75) is 19.8 Å². The van der Waals surface area contributed by atoms with Gasteiger partial charge in [-0.3, -0.25) is 4.79 Å². The fourth-order valence-electron chi connectivity index (χ4n) is 2.26. The molecule has 3 heteroatoms. The second-order valence-corrected chi connectivity index (χ2v) is 6.13. The molecule has 0 N–H and O–H groups in total. The Morgan fingerprint density at radius 2 is 1.86 bits per heavy atom. The number of carbonyl (C=O) groups excluding carboxylic acids is 1. The van der Waals surface area contributed by atoms with Gasteiger partial charge in [-0.2, -0.15) is 0 Å². The molecule has 0 saturated heterocycles. The van der Waals surface area contributed by atoms with Gasteiger partial charge in [0.05, 0.1) is 0 Å². The first-order valence-electron chi connectivity index (χ1n) is 7.13. The van der Waals surface area contributed by atoms with Crippen molar-refractivity contribution in [2.24, 2.45) is 0 Å². The van der Waals surface area contributed by atoms with Crippen LogP contribution in [0.4, 0.5) is 0 Å². The Kier molecular flexibility index (Phi) is 5.57. The highest BCUT2D eigenvalue weighted by Crippen LogP contribution is 2.18. The van der Waals surface area contributed by atoms with E-state index in [0.29, 0.717) is 0 Å². The summed E-state index contributed by atoms with van der Waals surface area (Å²) in [5.74, 6) is 0.0821. The van der Waals surface area contributed by atoms with Crippen LogP contribution in [0.3, 0.4) is 0 Å². The number of aryl methyl sites for hydroxylation is 2. The van der Waals surface area contributed by atoms with Gasteiger partial charge in [-0.05, 0) is 49.1 Å². The van der Waals surface area contributed by atoms with Crippen LogP contribution in [0.25, 0.3) is 0 Å². The van der Waals surface area contributed by atoms with Crippen LogP contribution in [-0.2, 0) is 6.42 Å². The molecule has 0 bridgehead atoms. The largest absolute Gasteiger partial charge is 0.342 e. The van der Waals surface area contributed by atoms with Crippen LogP contribution in [0, 0.1) is 6.92 Å². The maximum absolute atomic E-state index is 12.4. The third kappa shape index (κ3) is 4.43. The quantitative estimate of drug-likeness (QED) is 0.783. The van der Waals surface area contributed by atoms with Crippen molar-refractivity contribution < 1.29 is 4.79 Å². The Labute approximate surface area is 134 Å². The van der Waals surface area contributed by atoms with Gasteiger partial charge in [-0.1, -0.05) is 46.3 Å². The van der Waals surface area contributed by atoms with Crippen LogP contribution in [0.5, 0.6) is 0 Å². The topological polar surface area (TPSA) is 20.3 Å². The first kappa shape index (κ1) is 15.8. The molecule has 0 saturated carbocycles. The fraction of sp³-hybridized carbons (Fsp3) is 0.278. The number of hydrogen-bond donors (Lipinski definition) is 0. The van der Waals surface area contributed by atoms with Gasteiger partial charge in [-0.25, -0.2) is 0 Å². The molecule has 0 aliphatic rings. The molecule has 21 heavy (non-hydrogen) atoms. The summed E-state index contributed by atoms with van der Waals surface area (Å²) in [7, 11) is 1.87. The summed E-state index contributed by atoms with van der Waals surface area (Å²) in [4.78, 5) is 14.2. The summed E-state index contributed by atoms with van der Waals surface area (Å²) >= 11 is 3.46. The maximum atomic E-state index is 12.4. The highest BCUT2D eigenvalue weighted by atomic mass is 79.9. The lowest BCUT2D eigenvalue weighted by Gasteiger charge is -2.17. The molecule has 0 fully saturated rings.